The number of H-pyrrole nitrogens is 1. The summed E-state index contributed by atoms with van der Waals surface area (Å²) in [7, 11) is 0. The molecule has 5 heteroatoms. The van der Waals surface area contributed by atoms with Gasteiger partial charge in [0, 0.05) is 18.7 Å². The lowest BCUT2D eigenvalue weighted by Gasteiger charge is -2.28. The highest BCUT2D eigenvalue weighted by molar-refractivity contribution is 5.77. The molecule has 0 saturated carbocycles. The van der Waals surface area contributed by atoms with Crippen molar-refractivity contribution < 1.29 is 0 Å². The molecular weight excluding hydrogens is 310 g/mol. The van der Waals surface area contributed by atoms with Gasteiger partial charge in [-0.3, -0.25) is 5.10 Å². The van der Waals surface area contributed by atoms with Crippen molar-refractivity contribution in [2.24, 2.45) is 0 Å². The number of nitrogens with one attached hydrogen (secondary N) is 2. The number of hydrogen-bond donors (Lipinski definition) is 2. The predicted molar refractivity (Wildman–Crippen MR) is 99.6 cm³/mol. The molecule has 2 aromatic heterocycles. The first-order chi connectivity index (χ1) is 12.0. The molecule has 1 aromatic carbocycles. The summed E-state index contributed by atoms with van der Waals surface area (Å²) in [5, 5.41) is 12.3. The minimum absolute atomic E-state index is 0.214. The number of benzene rings is 1. The second-order valence-electron chi connectivity index (χ2n) is 7.53. The molecule has 0 saturated heterocycles. The quantitative estimate of drug-likeness (QED) is 0.759. The van der Waals surface area contributed by atoms with Gasteiger partial charge in [0.1, 0.15) is 5.82 Å². The lowest BCUT2D eigenvalue weighted by Crippen LogP contribution is -2.30. The van der Waals surface area contributed by atoms with Crippen molar-refractivity contribution >= 4 is 11.0 Å². The summed E-state index contributed by atoms with van der Waals surface area (Å²) in [4.78, 5) is 9.12. The minimum Gasteiger partial charge on any atom is -0.304 e. The van der Waals surface area contributed by atoms with E-state index in [1.165, 1.54) is 16.7 Å². The molecule has 25 heavy (non-hydrogen) atoms. The molecule has 0 bridgehead atoms. The van der Waals surface area contributed by atoms with Crippen molar-refractivity contribution in [1.29, 1.82) is 0 Å². The monoisotopic (exact) mass is 335 g/mol. The highest BCUT2D eigenvalue weighted by Crippen LogP contribution is 2.33. The average molecular weight is 335 g/mol. The average Bonchev–Trinajstić information content (AvgIpc) is 3.03. The second kappa shape index (κ2) is 6.23. The highest BCUT2D eigenvalue weighted by atomic mass is 15.2. The smallest absolute Gasteiger partial charge is 0.184 e. The van der Waals surface area contributed by atoms with Crippen LogP contribution in [-0.4, -0.2) is 20.2 Å². The van der Waals surface area contributed by atoms with Gasteiger partial charge in [-0.1, -0.05) is 45.9 Å². The maximum absolute atomic E-state index is 4.60. The van der Waals surface area contributed by atoms with Crippen LogP contribution in [0.15, 0.2) is 24.4 Å². The maximum Gasteiger partial charge on any atom is 0.184 e. The number of aromatic nitrogens is 4. The largest absolute Gasteiger partial charge is 0.304 e. The van der Waals surface area contributed by atoms with Crippen molar-refractivity contribution in [2.45, 2.75) is 58.5 Å². The molecule has 3 heterocycles. The molecule has 1 unspecified atom stereocenters. The number of aromatic amines is 1. The van der Waals surface area contributed by atoms with Crippen LogP contribution in [0.5, 0.6) is 0 Å². The van der Waals surface area contributed by atoms with Crippen molar-refractivity contribution in [3.63, 3.8) is 0 Å². The van der Waals surface area contributed by atoms with E-state index in [0.29, 0.717) is 11.8 Å². The fourth-order valence-corrected chi connectivity index (χ4v) is 3.70. The van der Waals surface area contributed by atoms with Crippen molar-refractivity contribution in [2.75, 3.05) is 0 Å². The summed E-state index contributed by atoms with van der Waals surface area (Å²) in [6, 6.07) is 6.87. The summed E-state index contributed by atoms with van der Waals surface area (Å²) >= 11 is 0. The van der Waals surface area contributed by atoms with Crippen molar-refractivity contribution in [3.8, 4) is 0 Å². The molecule has 0 radical (unpaired) electrons. The fraction of sp³-hybridized carbons (Fsp3) is 0.450. The van der Waals surface area contributed by atoms with Crippen LogP contribution < -0.4 is 5.32 Å². The Hall–Kier alpha value is -2.27. The third-order valence-corrected chi connectivity index (χ3v) is 5.10. The molecule has 0 aliphatic carbocycles. The lowest BCUT2D eigenvalue weighted by atomic mass is 9.86. The third kappa shape index (κ3) is 2.82. The molecule has 3 aromatic rings. The number of fused-ring (bicyclic) bond motifs is 2. The van der Waals surface area contributed by atoms with Gasteiger partial charge in [-0.05, 0) is 29.0 Å². The standard InChI is InChI=1S/C20H25N5/c1-11(2)14-7-5-6-13-9-21-17(8-15(13)14)18-16-10-22-19(12(3)4)23-20(16)25-24-18/h5-7,10-12,17,21H,8-9H2,1-4H3,(H,22,23,24,25). The minimum atomic E-state index is 0.214. The molecule has 1 aliphatic rings. The number of rotatable bonds is 3. The Balaban J connectivity index is 1.71. The summed E-state index contributed by atoms with van der Waals surface area (Å²) in [5.74, 6) is 1.68. The van der Waals surface area contributed by atoms with Crippen LogP contribution >= 0.6 is 0 Å². The topological polar surface area (TPSA) is 66.5 Å². The van der Waals surface area contributed by atoms with E-state index in [4.69, 9.17) is 0 Å². The molecule has 0 fully saturated rings. The van der Waals surface area contributed by atoms with Crippen LogP contribution in [0.1, 0.15) is 73.8 Å². The SMILES string of the molecule is CC(C)c1ncc2c(C3Cc4c(cccc4C(C)C)CN3)[nH]nc2n1. The van der Waals surface area contributed by atoms with Gasteiger partial charge in [0.2, 0.25) is 0 Å². The Labute approximate surface area is 148 Å². The lowest BCUT2D eigenvalue weighted by molar-refractivity contribution is 0.486. The Kier molecular flexibility index (Phi) is 4.04. The first kappa shape index (κ1) is 16.2. The summed E-state index contributed by atoms with van der Waals surface area (Å²) in [5.41, 5.74) is 6.19. The van der Waals surface area contributed by atoms with E-state index < -0.39 is 0 Å². The first-order valence-electron chi connectivity index (χ1n) is 9.09. The summed E-state index contributed by atoms with van der Waals surface area (Å²) < 4.78 is 0. The molecule has 130 valence electrons. The summed E-state index contributed by atoms with van der Waals surface area (Å²) in [6.45, 7) is 9.61. The zero-order valence-corrected chi connectivity index (χ0v) is 15.3. The van der Waals surface area contributed by atoms with E-state index in [1.54, 1.807) is 0 Å². The van der Waals surface area contributed by atoms with Gasteiger partial charge in [0.25, 0.3) is 0 Å². The van der Waals surface area contributed by atoms with Crippen LogP contribution in [0.4, 0.5) is 0 Å². The van der Waals surface area contributed by atoms with Crippen molar-refractivity contribution in [1.82, 2.24) is 25.5 Å². The van der Waals surface area contributed by atoms with Crippen molar-refractivity contribution in [3.05, 3.63) is 52.6 Å². The highest BCUT2D eigenvalue weighted by Gasteiger charge is 2.25. The Morgan fingerprint density at radius 2 is 1.96 bits per heavy atom. The summed E-state index contributed by atoms with van der Waals surface area (Å²) in [6.07, 6.45) is 2.88. The Bertz CT molecular complexity index is 910. The molecule has 4 rings (SSSR count). The molecule has 1 atom stereocenters. The van der Waals surface area contributed by atoms with Crippen LogP contribution in [0, 0.1) is 0 Å². The molecule has 0 amide bonds. The molecular formula is C20H25N5. The van der Waals surface area contributed by atoms with Crippen LogP contribution in [0.2, 0.25) is 0 Å². The third-order valence-electron chi connectivity index (χ3n) is 5.10. The van der Waals surface area contributed by atoms with E-state index >= 15 is 0 Å². The number of nitrogens with zero attached hydrogens (tertiary/aromatic N) is 3. The Morgan fingerprint density at radius 3 is 2.72 bits per heavy atom. The second-order valence-corrected chi connectivity index (χ2v) is 7.53. The van der Waals surface area contributed by atoms with Gasteiger partial charge < -0.3 is 5.32 Å². The van der Waals surface area contributed by atoms with Gasteiger partial charge in [0.05, 0.1) is 17.1 Å². The van der Waals surface area contributed by atoms with E-state index in [-0.39, 0.29) is 6.04 Å². The van der Waals surface area contributed by atoms with Crippen LogP contribution in [0.25, 0.3) is 11.0 Å². The molecule has 5 nitrogen and oxygen atoms in total. The zero-order valence-electron chi connectivity index (χ0n) is 15.3. The van der Waals surface area contributed by atoms with Gasteiger partial charge in [-0.25, -0.2) is 9.97 Å². The Morgan fingerprint density at radius 1 is 1.12 bits per heavy atom. The maximum atomic E-state index is 4.60. The number of hydrogen-bond acceptors (Lipinski definition) is 4. The normalized spacial score (nSPS) is 17.4. The van der Waals surface area contributed by atoms with Gasteiger partial charge in [0.15, 0.2) is 5.65 Å². The first-order valence-corrected chi connectivity index (χ1v) is 9.09. The van der Waals surface area contributed by atoms with Crippen LogP contribution in [-0.2, 0) is 13.0 Å². The fourth-order valence-electron chi connectivity index (χ4n) is 3.70. The van der Waals surface area contributed by atoms with Gasteiger partial charge in [-0.15, -0.1) is 0 Å². The van der Waals surface area contributed by atoms with E-state index in [2.05, 4.69) is 71.4 Å². The van der Waals surface area contributed by atoms with Gasteiger partial charge in [-0.2, -0.15) is 5.10 Å². The molecule has 2 N–H and O–H groups in total. The van der Waals surface area contributed by atoms with Crippen LogP contribution in [0.3, 0.4) is 0 Å². The van der Waals surface area contributed by atoms with E-state index in [9.17, 15) is 0 Å². The van der Waals surface area contributed by atoms with E-state index in [1.807, 2.05) is 6.20 Å². The van der Waals surface area contributed by atoms with Gasteiger partial charge >= 0.3 is 0 Å². The zero-order chi connectivity index (χ0) is 17.6. The predicted octanol–water partition coefficient (Wildman–Crippen LogP) is 3.99. The van der Waals surface area contributed by atoms with E-state index in [0.717, 1.165) is 35.5 Å². The molecule has 0 spiro atoms. The molecule has 1 aliphatic heterocycles.